The molecule has 0 radical (unpaired) electrons. The van der Waals surface area contributed by atoms with Gasteiger partial charge in [0.2, 0.25) is 5.91 Å². The van der Waals surface area contributed by atoms with E-state index in [4.69, 9.17) is 5.11 Å². The predicted molar refractivity (Wildman–Crippen MR) is 64.2 cm³/mol. The molecule has 1 amide bonds. The van der Waals surface area contributed by atoms with Crippen molar-refractivity contribution >= 4 is 5.91 Å². The van der Waals surface area contributed by atoms with E-state index in [2.05, 4.69) is 10.6 Å². The Morgan fingerprint density at radius 2 is 2.12 bits per heavy atom. The third kappa shape index (κ3) is 6.08. The van der Waals surface area contributed by atoms with Crippen molar-refractivity contribution in [1.29, 1.82) is 0 Å². The first-order valence-corrected chi connectivity index (χ1v) is 6.36. The lowest BCUT2D eigenvalue weighted by atomic mass is 10.2. The van der Waals surface area contributed by atoms with Crippen LogP contribution in [0.1, 0.15) is 45.4 Å². The van der Waals surface area contributed by atoms with Crippen molar-refractivity contribution in [3.63, 3.8) is 0 Å². The molecule has 1 saturated carbocycles. The van der Waals surface area contributed by atoms with Gasteiger partial charge in [0, 0.05) is 12.6 Å². The minimum atomic E-state index is -0.270. The molecule has 0 aliphatic heterocycles. The van der Waals surface area contributed by atoms with Crippen LogP contribution in [0.25, 0.3) is 0 Å². The molecule has 4 nitrogen and oxygen atoms in total. The lowest BCUT2D eigenvalue weighted by Gasteiger charge is -2.11. The molecule has 1 aliphatic rings. The number of carbonyl (C=O) groups excluding carboxylic acids is 1. The summed E-state index contributed by atoms with van der Waals surface area (Å²) in [5, 5.41) is 15.2. The molecule has 0 aromatic heterocycles. The third-order valence-corrected chi connectivity index (χ3v) is 3.03. The van der Waals surface area contributed by atoms with Crippen LogP contribution in [-0.4, -0.2) is 36.2 Å². The van der Waals surface area contributed by atoms with Crippen molar-refractivity contribution in [1.82, 2.24) is 10.6 Å². The maximum Gasteiger partial charge on any atom is 0.233 e. The molecule has 0 aromatic rings. The molecule has 0 saturated heterocycles. The molecule has 1 fully saturated rings. The molecule has 1 atom stereocenters. The standard InChI is InChI=1S/C12H24N2O2/c1-10(15)5-4-8-13-12(16)9-14-11-6-2-3-7-11/h10-11,14-15H,2-9H2,1H3,(H,13,16). The van der Waals surface area contributed by atoms with E-state index in [-0.39, 0.29) is 12.0 Å². The summed E-state index contributed by atoms with van der Waals surface area (Å²) in [4.78, 5) is 11.4. The zero-order chi connectivity index (χ0) is 11.8. The van der Waals surface area contributed by atoms with E-state index in [1.807, 2.05) is 0 Å². The van der Waals surface area contributed by atoms with Gasteiger partial charge in [0.1, 0.15) is 0 Å². The second-order valence-electron chi connectivity index (χ2n) is 4.70. The summed E-state index contributed by atoms with van der Waals surface area (Å²) in [5.41, 5.74) is 0. The van der Waals surface area contributed by atoms with E-state index >= 15 is 0 Å². The Morgan fingerprint density at radius 1 is 1.44 bits per heavy atom. The van der Waals surface area contributed by atoms with Crippen LogP contribution in [0.5, 0.6) is 0 Å². The molecule has 1 rings (SSSR count). The Morgan fingerprint density at radius 3 is 2.75 bits per heavy atom. The zero-order valence-electron chi connectivity index (χ0n) is 10.2. The lowest BCUT2D eigenvalue weighted by molar-refractivity contribution is -0.120. The first-order valence-electron chi connectivity index (χ1n) is 6.36. The Balaban J connectivity index is 1.94. The molecule has 1 unspecified atom stereocenters. The van der Waals surface area contributed by atoms with E-state index in [1.54, 1.807) is 6.92 Å². The van der Waals surface area contributed by atoms with Gasteiger partial charge >= 0.3 is 0 Å². The molecule has 3 N–H and O–H groups in total. The van der Waals surface area contributed by atoms with Crippen LogP contribution < -0.4 is 10.6 Å². The van der Waals surface area contributed by atoms with Crippen LogP contribution in [0.3, 0.4) is 0 Å². The summed E-state index contributed by atoms with van der Waals surface area (Å²) in [5.74, 6) is 0.0671. The van der Waals surface area contributed by atoms with Gasteiger partial charge in [-0.15, -0.1) is 0 Å². The largest absolute Gasteiger partial charge is 0.393 e. The summed E-state index contributed by atoms with van der Waals surface area (Å²) in [6.45, 7) is 2.86. The average Bonchev–Trinajstić information content (AvgIpc) is 2.74. The quantitative estimate of drug-likeness (QED) is 0.565. The van der Waals surface area contributed by atoms with Gasteiger partial charge in [-0.1, -0.05) is 12.8 Å². The van der Waals surface area contributed by atoms with Gasteiger partial charge in [0.25, 0.3) is 0 Å². The molecule has 16 heavy (non-hydrogen) atoms. The van der Waals surface area contributed by atoms with Gasteiger partial charge in [0.15, 0.2) is 0 Å². The van der Waals surface area contributed by atoms with E-state index < -0.39 is 0 Å². The molecule has 4 heteroatoms. The third-order valence-electron chi connectivity index (χ3n) is 3.03. The molecule has 0 heterocycles. The summed E-state index contributed by atoms with van der Waals surface area (Å²) < 4.78 is 0. The van der Waals surface area contributed by atoms with Crippen LogP contribution in [0.15, 0.2) is 0 Å². The first kappa shape index (κ1) is 13.5. The Kier molecular flexibility index (Phi) is 6.42. The molecular formula is C12H24N2O2. The fraction of sp³-hybridized carbons (Fsp3) is 0.917. The highest BCUT2D eigenvalue weighted by atomic mass is 16.3. The second kappa shape index (κ2) is 7.63. The summed E-state index contributed by atoms with van der Waals surface area (Å²) in [6.07, 6.45) is 6.29. The molecule has 0 aromatic carbocycles. The van der Waals surface area contributed by atoms with Gasteiger partial charge in [-0.2, -0.15) is 0 Å². The van der Waals surface area contributed by atoms with Gasteiger partial charge in [-0.3, -0.25) is 4.79 Å². The summed E-state index contributed by atoms with van der Waals surface area (Å²) in [7, 11) is 0. The highest BCUT2D eigenvalue weighted by molar-refractivity contribution is 5.77. The number of hydrogen-bond donors (Lipinski definition) is 3. The Hall–Kier alpha value is -0.610. The van der Waals surface area contributed by atoms with Crippen LogP contribution in [0.4, 0.5) is 0 Å². The van der Waals surface area contributed by atoms with Crippen molar-refractivity contribution in [2.45, 2.75) is 57.6 Å². The second-order valence-corrected chi connectivity index (χ2v) is 4.70. The van der Waals surface area contributed by atoms with Crippen molar-refractivity contribution in [3.05, 3.63) is 0 Å². The molecular weight excluding hydrogens is 204 g/mol. The number of hydrogen-bond acceptors (Lipinski definition) is 3. The van der Waals surface area contributed by atoms with E-state index in [1.165, 1.54) is 25.7 Å². The van der Waals surface area contributed by atoms with E-state index in [0.717, 1.165) is 12.8 Å². The van der Waals surface area contributed by atoms with Crippen LogP contribution in [-0.2, 0) is 4.79 Å². The summed E-state index contributed by atoms with van der Waals surface area (Å²) >= 11 is 0. The Labute approximate surface area is 97.8 Å². The first-order chi connectivity index (χ1) is 7.68. The zero-order valence-corrected chi connectivity index (χ0v) is 10.2. The maximum atomic E-state index is 11.4. The smallest absolute Gasteiger partial charge is 0.233 e. The van der Waals surface area contributed by atoms with Crippen molar-refractivity contribution in [2.24, 2.45) is 0 Å². The number of rotatable bonds is 7. The van der Waals surface area contributed by atoms with Gasteiger partial charge in [-0.05, 0) is 32.6 Å². The van der Waals surface area contributed by atoms with E-state index in [9.17, 15) is 4.79 Å². The molecule has 0 spiro atoms. The highest BCUT2D eigenvalue weighted by Crippen LogP contribution is 2.17. The average molecular weight is 228 g/mol. The molecule has 1 aliphatic carbocycles. The van der Waals surface area contributed by atoms with Crippen molar-refractivity contribution in [3.8, 4) is 0 Å². The maximum absolute atomic E-state index is 11.4. The van der Waals surface area contributed by atoms with E-state index in [0.29, 0.717) is 19.1 Å². The monoisotopic (exact) mass is 228 g/mol. The minimum absolute atomic E-state index is 0.0671. The van der Waals surface area contributed by atoms with Gasteiger partial charge < -0.3 is 15.7 Å². The van der Waals surface area contributed by atoms with Crippen molar-refractivity contribution in [2.75, 3.05) is 13.1 Å². The number of aliphatic hydroxyl groups is 1. The highest BCUT2D eigenvalue weighted by Gasteiger charge is 2.14. The fourth-order valence-electron chi connectivity index (χ4n) is 2.05. The number of nitrogens with one attached hydrogen (secondary N) is 2. The van der Waals surface area contributed by atoms with Crippen LogP contribution in [0.2, 0.25) is 0 Å². The minimum Gasteiger partial charge on any atom is -0.393 e. The normalized spacial score (nSPS) is 18.6. The lowest BCUT2D eigenvalue weighted by Crippen LogP contribution is -2.38. The Bertz CT molecular complexity index is 201. The molecule has 0 bridgehead atoms. The summed E-state index contributed by atoms with van der Waals surface area (Å²) in [6, 6.07) is 0.545. The van der Waals surface area contributed by atoms with Gasteiger partial charge in [-0.25, -0.2) is 0 Å². The number of carbonyl (C=O) groups is 1. The predicted octanol–water partition coefficient (Wildman–Crippen LogP) is 0.796. The van der Waals surface area contributed by atoms with Gasteiger partial charge in [0.05, 0.1) is 12.6 Å². The van der Waals surface area contributed by atoms with Crippen molar-refractivity contribution < 1.29 is 9.90 Å². The number of aliphatic hydroxyl groups excluding tert-OH is 1. The molecule has 94 valence electrons. The fourth-order valence-corrected chi connectivity index (χ4v) is 2.05. The topological polar surface area (TPSA) is 61.4 Å². The van der Waals surface area contributed by atoms with Crippen LogP contribution >= 0.6 is 0 Å². The van der Waals surface area contributed by atoms with Crippen LogP contribution in [0, 0.1) is 0 Å². The number of amides is 1. The SMILES string of the molecule is CC(O)CCCNC(=O)CNC1CCCC1.